The molecule has 0 aliphatic rings. The molecule has 0 atom stereocenters. The number of hydrogen-bond donors (Lipinski definition) is 1. The van der Waals surface area contributed by atoms with Gasteiger partial charge in [-0.2, -0.15) is 5.10 Å². The third-order valence-electron chi connectivity index (χ3n) is 1.78. The van der Waals surface area contributed by atoms with Gasteiger partial charge in [0, 0.05) is 18.8 Å². The summed E-state index contributed by atoms with van der Waals surface area (Å²) in [5.41, 5.74) is 4.99. The Bertz CT molecular complexity index is 336. The molecule has 74 valence electrons. The van der Waals surface area contributed by atoms with E-state index in [-0.39, 0.29) is 0 Å². The SMILES string of the molecule is C/C=N/C(=N\NC)c1ccc(C)cc1. The van der Waals surface area contributed by atoms with Gasteiger partial charge in [-0.3, -0.25) is 0 Å². The molecule has 0 fully saturated rings. The van der Waals surface area contributed by atoms with Crippen LogP contribution in [0.25, 0.3) is 0 Å². The molecule has 14 heavy (non-hydrogen) atoms. The van der Waals surface area contributed by atoms with E-state index in [9.17, 15) is 0 Å². The van der Waals surface area contributed by atoms with Crippen molar-refractivity contribution < 1.29 is 0 Å². The Morgan fingerprint density at radius 2 is 1.93 bits per heavy atom. The lowest BCUT2D eigenvalue weighted by molar-refractivity contribution is 0.898. The molecule has 1 rings (SSSR count). The summed E-state index contributed by atoms with van der Waals surface area (Å²) >= 11 is 0. The third kappa shape index (κ3) is 2.69. The maximum Gasteiger partial charge on any atom is 0.178 e. The summed E-state index contributed by atoms with van der Waals surface area (Å²) < 4.78 is 0. The average molecular weight is 189 g/mol. The van der Waals surface area contributed by atoms with Crippen LogP contribution < -0.4 is 5.43 Å². The summed E-state index contributed by atoms with van der Waals surface area (Å²) in [5.74, 6) is 0.704. The molecule has 1 aromatic carbocycles. The number of nitrogens with one attached hydrogen (secondary N) is 1. The lowest BCUT2D eigenvalue weighted by Gasteiger charge is -2.00. The normalized spacial score (nSPS) is 12.1. The van der Waals surface area contributed by atoms with E-state index < -0.39 is 0 Å². The quantitative estimate of drug-likeness (QED) is 0.431. The Balaban J connectivity index is 3.00. The Labute approximate surface area is 84.6 Å². The second kappa shape index (κ2) is 5.17. The van der Waals surface area contributed by atoms with Crippen LogP contribution in [-0.4, -0.2) is 19.1 Å². The van der Waals surface area contributed by atoms with Gasteiger partial charge < -0.3 is 5.43 Å². The van der Waals surface area contributed by atoms with E-state index in [0.29, 0.717) is 5.84 Å². The Morgan fingerprint density at radius 1 is 1.29 bits per heavy atom. The molecule has 3 heteroatoms. The molecular weight excluding hydrogens is 174 g/mol. The first-order valence-corrected chi connectivity index (χ1v) is 4.58. The highest BCUT2D eigenvalue weighted by Gasteiger charge is 1.99. The van der Waals surface area contributed by atoms with Crippen LogP contribution in [0.4, 0.5) is 0 Å². The fourth-order valence-corrected chi connectivity index (χ4v) is 1.10. The molecule has 0 heterocycles. The zero-order valence-corrected chi connectivity index (χ0v) is 8.78. The summed E-state index contributed by atoms with van der Waals surface area (Å²) in [4.78, 5) is 4.18. The van der Waals surface area contributed by atoms with Gasteiger partial charge in [0.25, 0.3) is 0 Å². The lowest BCUT2D eigenvalue weighted by Crippen LogP contribution is -2.04. The molecule has 0 unspecified atom stereocenters. The second-order valence-corrected chi connectivity index (χ2v) is 2.91. The molecule has 3 nitrogen and oxygen atoms in total. The van der Waals surface area contributed by atoms with Crippen LogP contribution in [0.15, 0.2) is 34.4 Å². The predicted molar refractivity (Wildman–Crippen MR) is 60.9 cm³/mol. The number of hydrazone groups is 1. The summed E-state index contributed by atoms with van der Waals surface area (Å²) in [6.45, 7) is 3.93. The van der Waals surface area contributed by atoms with Crippen LogP contribution >= 0.6 is 0 Å². The fourth-order valence-electron chi connectivity index (χ4n) is 1.10. The van der Waals surface area contributed by atoms with Gasteiger partial charge in [-0.25, -0.2) is 4.99 Å². The number of aliphatic imine (C=N–C) groups is 1. The third-order valence-corrected chi connectivity index (χ3v) is 1.78. The highest BCUT2D eigenvalue weighted by molar-refractivity contribution is 6.02. The number of rotatable bonds is 2. The maximum absolute atomic E-state index is 4.18. The van der Waals surface area contributed by atoms with Crippen LogP contribution in [0.1, 0.15) is 18.1 Å². The molecule has 1 N–H and O–H groups in total. The zero-order chi connectivity index (χ0) is 10.4. The van der Waals surface area contributed by atoms with E-state index in [0.717, 1.165) is 5.56 Å². The fraction of sp³-hybridized carbons (Fsp3) is 0.273. The maximum atomic E-state index is 4.18. The van der Waals surface area contributed by atoms with Crippen molar-refractivity contribution in [3.05, 3.63) is 35.4 Å². The van der Waals surface area contributed by atoms with Gasteiger partial charge in [-0.1, -0.05) is 29.8 Å². The van der Waals surface area contributed by atoms with E-state index in [1.165, 1.54) is 5.56 Å². The summed E-state index contributed by atoms with van der Waals surface area (Å²) in [6, 6.07) is 8.12. The Kier molecular flexibility index (Phi) is 3.85. The molecule has 0 spiro atoms. The van der Waals surface area contributed by atoms with Gasteiger partial charge in [0.1, 0.15) is 0 Å². The first-order chi connectivity index (χ1) is 6.77. The van der Waals surface area contributed by atoms with Crippen molar-refractivity contribution in [2.45, 2.75) is 13.8 Å². The average Bonchev–Trinajstić information content (AvgIpc) is 2.19. The minimum absolute atomic E-state index is 0.704. The zero-order valence-electron chi connectivity index (χ0n) is 8.78. The van der Waals surface area contributed by atoms with E-state index in [2.05, 4.69) is 22.4 Å². The second-order valence-electron chi connectivity index (χ2n) is 2.91. The van der Waals surface area contributed by atoms with E-state index in [1.54, 1.807) is 13.3 Å². The van der Waals surface area contributed by atoms with Crippen molar-refractivity contribution in [3.63, 3.8) is 0 Å². The minimum atomic E-state index is 0.704. The van der Waals surface area contributed by atoms with Crippen LogP contribution in [0.5, 0.6) is 0 Å². The van der Waals surface area contributed by atoms with Crippen LogP contribution in [0, 0.1) is 6.92 Å². The van der Waals surface area contributed by atoms with Crippen LogP contribution in [0.3, 0.4) is 0 Å². The number of aryl methyl sites for hydroxylation is 1. The van der Waals surface area contributed by atoms with Crippen LogP contribution in [0.2, 0.25) is 0 Å². The standard InChI is InChI=1S/C11H15N3/c1-4-13-11(14-12-3)10-7-5-9(2)6-8-10/h4-8,12H,1-3H3/b13-4+,14-11-. The van der Waals surface area contributed by atoms with Gasteiger partial charge in [0.2, 0.25) is 0 Å². The molecule has 0 bridgehead atoms. The summed E-state index contributed by atoms with van der Waals surface area (Å²) in [7, 11) is 1.76. The minimum Gasteiger partial charge on any atom is -0.311 e. The topological polar surface area (TPSA) is 36.8 Å². The van der Waals surface area contributed by atoms with E-state index >= 15 is 0 Å². The van der Waals surface area contributed by atoms with Gasteiger partial charge in [-0.05, 0) is 13.8 Å². The van der Waals surface area contributed by atoms with Gasteiger partial charge in [0.05, 0.1) is 0 Å². The summed E-state index contributed by atoms with van der Waals surface area (Å²) in [6.07, 6.45) is 1.73. The Morgan fingerprint density at radius 3 is 2.43 bits per heavy atom. The monoisotopic (exact) mass is 189 g/mol. The van der Waals surface area contributed by atoms with Gasteiger partial charge in [-0.15, -0.1) is 0 Å². The number of benzene rings is 1. The molecule has 0 aliphatic carbocycles. The summed E-state index contributed by atoms with van der Waals surface area (Å²) in [5, 5.41) is 4.08. The van der Waals surface area contributed by atoms with Gasteiger partial charge >= 0.3 is 0 Å². The highest BCUT2D eigenvalue weighted by Crippen LogP contribution is 2.05. The smallest absolute Gasteiger partial charge is 0.178 e. The van der Waals surface area contributed by atoms with Crippen molar-refractivity contribution in [1.29, 1.82) is 0 Å². The van der Waals surface area contributed by atoms with Crippen molar-refractivity contribution >= 4 is 12.1 Å². The molecule has 0 amide bonds. The number of nitrogens with zero attached hydrogens (tertiary/aromatic N) is 2. The molecule has 0 radical (unpaired) electrons. The highest BCUT2D eigenvalue weighted by atomic mass is 15.3. The largest absolute Gasteiger partial charge is 0.311 e. The first kappa shape index (κ1) is 10.4. The Hall–Kier alpha value is -1.64. The lowest BCUT2D eigenvalue weighted by atomic mass is 10.1. The van der Waals surface area contributed by atoms with Gasteiger partial charge in [0.15, 0.2) is 5.84 Å². The molecule has 0 saturated carbocycles. The van der Waals surface area contributed by atoms with E-state index in [4.69, 9.17) is 0 Å². The molecule has 0 aromatic heterocycles. The van der Waals surface area contributed by atoms with Crippen LogP contribution in [-0.2, 0) is 0 Å². The first-order valence-electron chi connectivity index (χ1n) is 4.58. The molecule has 0 saturated heterocycles. The molecule has 0 aliphatic heterocycles. The van der Waals surface area contributed by atoms with Crippen molar-refractivity contribution in [2.75, 3.05) is 7.05 Å². The van der Waals surface area contributed by atoms with Crippen molar-refractivity contribution in [2.24, 2.45) is 10.1 Å². The van der Waals surface area contributed by atoms with Crippen molar-refractivity contribution in [3.8, 4) is 0 Å². The number of amidine groups is 1. The molecular formula is C11H15N3. The number of hydrogen-bond acceptors (Lipinski definition) is 2. The van der Waals surface area contributed by atoms with E-state index in [1.807, 2.05) is 31.2 Å². The predicted octanol–water partition coefficient (Wildman–Crippen LogP) is 1.97. The van der Waals surface area contributed by atoms with Crippen molar-refractivity contribution in [1.82, 2.24) is 5.43 Å². The molecule has 1 aromatic rings.